The SMILES string of the molecule is CCCCCCC/C=C\C/C=C\C/C=C\CCCCCCCCCCCCC(=O)NC(CO)C(O)/C=C/CC/C=C/CC/C=C/CCCCCCCCCCCCCCCCCC. The monoisotopic (exact) mass is 878 g/mol. The van der Waals surface area contributed by atoms with Crippen LogP contribution < -0.4 is 5.32 Å². The first-order chi connectivity index (χ1) is 31.2. The van der Waals surface area contributed by atoms with Crippen molar-refractivity contribution in [3.05, 3.63) is 72.9 Å². The lowest BCUT2D eigenvalue weighted by Crippen LogP contribution is -2.45. The van der Waals surface area contributed by atoms with Crippen LogP contribution in [0.15, 0.2) is 72.9 Å². The van der Waals surface area contributed by atoms with Gasteiger partial charge in [-0.25, -0.2) is 0 Å². The Balaban J connectivity index is 3.60. The Labute approximate surface area is 393 Å². The zero-order chi connectivity index (χ0) is 45.6. The van der Waals surface area contributed by atoms with E-state index in [4.69, 9.17) is 0 Å². The Bertz CT molecular complexity index is 1090. The van der Waals surface area contributed by atoms with Gasteiger partial charge in [0.1, 0.15) is 0 Å². The topological polar surface area (TPSA) is 69.6 Å². The van der Waals surface area contributed by atoms with E-state index in [1.54, 1.807) is 6.08 Å². The molecule has 4 heteroatoms. The summed E-state index contributed by atoms with van der Waals surface area (Å²) >= 11 is 0. The summed E-state index contributed by atoms with van der Waals surface area (Å²) < 4.78 is 0. The number of nitrogens with one attached hydrogen (secondary N) is 1. The molecule has 0 aliphatic carbocycles. The lowest BCUT2D eigenvalue weighted by atomic mass is 10.0. The minimum absolute atomic E-state index is 0.0821. The van der Waals surface area contributed by atoms with Gasteiger partial charge in [0, 0.05) is 6.42 Å². The van der Waals surface area contributed by atoms with Gasteiger partial charge in [0.2, 0.25) is 5.91 Å². The third-order valence-electron chi connectivity index (χ3n) is 12.4. The Morgan fingerprint density at radius 3 is 1.03 bits per heavy atom. The standard InChI is InChI=1S/C59H107NO3/c1-3-5-7-9-11-13-15-17-19-21-23-25-27-29-31-32-34-36-38-40-42-44-46-48-50-52-54-58(62)57(56-61)60-59(63)55-53-51-49-47-45-43-41-39-37-35-33-30-28-26-24-22-20-18-16-14-12-10-8-6-4-2/h16,18,22,24,28,30,36,38,44,46,52,54,57-58,61-62H,3-15,17,19-21,23,25-27,29,31-35,37,39-43,45,47-51,53,55-56H2,1-2H3,(H,60,63)/b18-16-,24-22-,30-28-,38-36+,46-44+,54-52+. The maximum atomic E-state index is 12.5. The highest BCUT2D eigenvalue weighted by molar-refractivity contribution is 5.76. The van der Waals surface area contributed by atoms with Crippen LogP contribution in [0.4, 0.5) is 0 Å². The fourth-order valence-corrected chi connectivity index (χ4v) is 8.16. The predicted molar refractivity (Wildman–Crippen MR) is 281 cm³/mol. The second-order valence-electron chi connectivity index (χ2n) is 18.6. The van der Waals surface area contributed by atoms with Crippen LogP contribution in [0.5, 0.6) is 0 Å². The van der Waals surface area contributed by atoms with Crippen LogP contribution in [-0.4, -0.2) is 34.9 Å². The molecule has 1 amide bonds. The number of unbranched alkanes of at least 4 members (excludes halogenated alkanes) is 33. The predicted octanol–water partition coefficient (Wildman–Crippen LogP) is 18.2. The van der Waals surface area contributed by atoms with Crippen molar-refractivity contribution in [1.29, 1.82) is 0 Å². The van der Waals surface area contributed by atoms with E-state index in [0.717, 1.165) is 51.4 Å². The Kier molecular flexibility index (Phi) is 52.3. The summed E-state index contributed by atoms with van der Waals surface area (Å²) in [6.07, 6.45) is 77.7. The molecule has 0 bridgehead atoms. The molecule has 0 aliphatic heterocycles. The molecule has 0 aliphatic rings. The highest BCUT2D eigenvalue weighted by Gasteiger charge is 2.17. The molecule has 2 unspecified atom stereocenters. The van der Waals surface area contributed by atoms with Crippen LogP contribution in [0.2, 0.25) is 0 Å². The van der Waals surface area contributed by atoms with E-state index < -0.39 is 12.1 Å². The van der Waals surface area contributed by atoms with Crippen molar-refractivity contribution in [3.8, 4) is 0 Å². The molecule has 0 aromatic heterocycles. The number of allylic oxidation sites excluding steroid dienone is 11. The van der Waals surface area contributed by atoms with Crippen LogP contribution in [-0.2, 0) is 4.79 Å². The summed E-state index contributed by atoms with van der Waals surface area (Å²) in [5.41, 5.74) is 0. The number of carbonyl (C=O) groups is 1. The molecule has 2 atom stereocenters. The second-order valence-corrected chi connectivity index (χ2v) is 18.6. The van der Waals surface area contributed by atoms with Gasteiger partial charge >= 0.3 is 0 Å². The fourth-order valence-electron chi connectivity index (χ4n) is 8.16. The highest BCUT2D eigenvalue weighted by Crippen LogP contribution is 2.16. The highest BCUT2D eigenvalue weighted by atomic mass is 16.3. The van der Waals surface area contributed by atoms with Gasteiger partial charge in [-0.15, -0.1) is 0 Å². The van der Waals surface area contributed by atoms with Crippen LogP contribution >= 0.6 is 0 Å². The normalized spacial score (nSPS) is 13.4. The number of aliphatic hydroxyl groups is 2. The Hall–Kier alpha value is -2.17. The summed E-state index contributed by atoms with van der Waals surface area (Å²) in [5, 5.41) is 23.1. The number of aliphatic hydroxyl groups excluding tert-OH is 2. The zero-order valence-electron chi connectivity index (χ0n) is 42.1. The average molecular weight is 879 g/mol. The smallest absolute Gasteiger partial charge is 0.220 e. The molecular weight excluding hydrogens is 771 g/mol. The van der Waals surface area contributed by atoms with Gasteiger partial charge in [-0.05, 0) is 83.5 Å². The van der Waals surface area contributed by atoms with Crippen molar-refractivity contribution in [3.63, 3.8) is 0 Å². The summed E-state index contributed by atoms with van der Waals surface area (Å²) in [6.45, 7) is 4.30. The van der Waals surface area contributed by atoms with Crippen molar-refractivity contribution >= 4 is 5.91 Å². The molecule has 0 rings (SSSR count). The van der Waals surface area contributed by atoms with Crippen molar-refractivity contribution in [2.45, 2.75) is 289 Å². The first-order valence-corrected chi connectivity index (χ1v) is 27.7. The maximum absolute atomic E-state index is 12.5. The van der Waals surface area contributed by atoms with E-state index in [2.05, 4.69) is 79.9 Å². The Morgan fingerprint density at radius 2 is 0.667 bits per heavy atom. The first-order valence-electron chi connectivity index (χ1n) is 27.7. The van der Waals surface area contributed by atoms with E-state index in [1.807, 2.05) is 6.08 Å². The summed E-state index contributed by atoms with van der Waals surface area (Å²) in [5.74, 6) is -0.0821. The molecule has 3 N–H and O–H groups in total. The molecule has 0 fully saturated rings. The molecular formula is C59H107NO3. The van der Waals surface area contributed by atoms with Crippen molar-refractivity contribution in [2.24, 2.45) is 0 Å². The zero-order valence-corrected chi connectivity index (χ0v) is 42.1. The molecule has 0 radical (unpaired) electrons. The van der Waals surface area contributed by atoms with Gasteiger partial charge in [0.25, 0.3) is 0 Å². The lowest BCUT2D eigenvalue weighted by Gasteiger charge is -2.19. The number of hydrogen-bond acceptors (Lipinski definition) is 3. The van der Waals surface area contributed by atoms with Crippen LogP contribution in [0, 0.1) is 0 Å². The van der Waals surface area contributed by atoms with E-state index in [0.29, 0.717) is 6.42 Å². The number of rotatable bonds is 50. The Morgan fingerprint density at radius 1 is 0.381 bits per heavy atom. The van der Waals surface area contributed by atoms with Crippen LogP contribution in [0.25, 0.3) is 0 Å². The minimum atomic E-state index is -0.876. The number of hydrogen-bond donors (Lipinski definition) is 3. The van der Waals surface area contributed by atoms with Gasteiger partial charge in [-0.3, -0.25) is 4.79 Å². The second kappa shape index (κ2) is 54.2. The van der Waals surface area contributed by atoms with E-state index in [9.17, 15) is 15.0 Å². The summed E-state index contributed by atoms with van der Waals surface area (Å²) in [6, 6.07) is -0.652. The summed E-state index contributed by atoms with van der Waals surface area (Å²) in [4.78, 5) is 12.5. The van der Waals surface area contributed by atoms with Gasteiger partial charge in [0.15, 0.2) is 0 Å². The first kappa shape index (κ1) is 60.8. The summed E-state index contributed by atoms with van der Waals surface area (Å²) in [7, 11) is 0. The van der Waals surface area contributed by atoms with Crippen molar-refractivity contribution in [1.82, 2.24) is 5.32 Å². The molecule has 0 spiro atoms. The molecule has 0 heterocycles. The number of carbonyl (C=O) groups excluding carboxylic acids is 1. The van der Waals surface area contributed by atoms with Crippen molar-refractivity contribution < 1.29 is 15.0 Å². The molecule has 63 heavy (non-hydrogen) atoms. The van der Waals surface area contributed by atoms with E-state index in [-0.39, 0.29) is 12.5 Å². The maximum Gasteiger partial charge on any atom is 0.220 e. The van der Waals surface area contributed by atoms with Gasteiger partial charge < -0.3 is 15.5 Å². The molecule has 0 aromatic rings. The minimum Gasteiger partial charge on any atom is -0.394 e. The molecule has 4 nitrogen and oxygen atoms in total. The van der Waals surface area contributed by atoms with Gasteiger partial charge in [-0.2, -0.15) is 0 Å². The molecule has 0 saturated heterocycles. The lowest BCUT2D eigenvalue weighted by molar-refractivity contribution is -0.123. The van der Waals surface area contributed by atoms with E-state index in [1.165, 1.54) is 205 Å². The van der Waals surface area contributed by atoms with Gasteiger partial charge in [0.05, 0.1) is 18.8 Å². The molecule has 0 saturated carbocycles. The largest absolute Gasteiger partial charge is 0.394 e. The third-order valence-corrected chi connectivity index (χ3v) is 12.4. The molecule has 0 aromatic carbocycles. The van der Waals surface area contributed by atoms with Crippen molar-refractivity contribution in [2.75, 3.05) is 6.61 Å². The third kappa shape index (κ3) is 50.7. The number of amides is 1. The quantitative estimate of drug-likeness (QED) is 0.0421. The fraction of sp³-hybridized carbons (Fsp3) is 0.780. The molecule has 366 valence electrons. The van der Waals surface area contributed by atoms with E-state index >= 15 is 0 Å². The van der Waals surface area contributed by atoms with Crippen LogP contribution in [0.3, 0.4) is 0 Å². The van der Waals surface area contributed by atoms with Gasteiger partial charge in [-0.1, -0.05) is 260 Å². The van der Waals surface area contributed by atoms with Crippen LogP contribution in [0.1, 0.15) is 277 Å². The average Bonchev–Trinajstić information content (AvgIpc) is 3.29.